The normalized spacial score (nSPS) is 14.3. The molecule has 1 aromatic carbocycles. The molecule has 2 aromatic rings. The lowest BCUT2D eigenvalue weighted by Crippen LogP contribution is -2.24. The maximum atomic E-state index is 5.45. The molecular formula is C14H17N3O. The highest BCUT2D eigenvalue weighted by Gasteiger charge is 2.20. The summed E-state index contributed by atoms with van der Waals surface area (Å²) < 4.78 is 7.67. The van der Waals surface area contributed by atoms with Crippen LogP contribution in [0.25, 0.3) is 5.69 Å². The Balaban J connectivity index is 2.19. The molecule has 0 unspecified atom stereocenters. The Kier molecular flexibility index (Phi) is 2.80. The van der Waals surface area contributed by atoms with E-state index >= 15 is 0 Å². The number of aryl methyl sites for hydroxylation is 1. The van der Waals surface area contributed by atoms with E-state index < -0.39 is 0 Å². The van der Waals surface area contributed by atoms with E-state index in [9.17, 15) is 0 Å². The molecule has 3 rings (SSSR count). The van der Waals surface area contributed by atoms with Gasteiger partial charge in [0.2, 0.25) is 0 Å². The monoisotopic (exact) mass is 243 g/mol. The quantitative estimate of drug-likeness (QED) is 0.874. The second kappa shape index (κ2) is 4.46. The van der Waals surface area contributed by atoms with Gasteiger partial charge in [-0.05, 0) is 19.1 Å². The van der Waals surface area contributed by atoms with Gasteiger partial charge in [-0.15, -0.1) is 0 Å². The molecule has 0 saturated carbocycles. The van der Waals surface area contributed by atoms with E-state index in [2.05, 4.69) is 20.9 Å². The van der Waals surface area contributed by atoms with Crippen molar-refractivity contribution in [2.45, 2.75) is 19.9 Å². The van der Waals surface area contributed by atoms with Crippen LogP contribution >= 0.6 is 0 Å². The van der Waals surface area contributed by atoms with E-state index in [4.69, 9.17) is 4.74 Å². The maximum Gasteiger partial charge on any atom is 0.142 e. The highest BCUT2D eigenvalue weighted by atomic mass is 16.5. The maximum absolute atomic E-state index is 5.45. The van der Waals surface area contributed by atoms with Gasteiger partial charge in [-0.25, -0.2) is 4.98 Å². The topological polar surface area (TPSA) is 39.1 Å². The molecule has 1 N–H and O–H groups in total. The van der Waals surface area contributed by atoms with Crippen LogP contribution in [-0.4, -0.2) is 23.2 Å². The Morgan fingerprint density at radius 2 is 2.17 bits per heavy atom. The fraction of sp³-hybridized carbons (Fsp3) is 0.357. The molecule has 18 heavy (non-hydrogen) atoms. The summed E-state index contributed by atoms with van der Waals surface area (Å²) in [7, 11) is 1.71. The molecule has 94 valence electrons. The lowest BCUT2D eigenvalue weighted by atomic mass is 10.1. The molecule has 0 fully saturated rings. The average molecular weight is 243 g/mol. The fourth-order valence-corrected chi connectivity index (χ4v) is 2.58. The van der Waals surface area contributed by atoms with Crippen LogP contribution < -0.4 is 10.1 Å². The molecule has 4 nitrogen and oxygen atoms in total. The smallest absolute Gasteiger partial charge is 0.142 e. The fourth-order valence-electron chi connectivity index (χ4n) is 2.58. The number of ether oxygens (including phenoxy) is 1. The van der Waals surface area contributed by atoms with Crippen LogP contribution in [0.1, 0.15) is 17.2 Å². The Hall–Kier alpha value is -1.81. The van der Waals surface area contributed by atoms with Crippen molar-refractivity contribution in [3.63, 3.8) is 0 Å². The van der Waals surface area contributed by atoms with Crippen LogP contribution in [-0.2, 0) is 13.0 Å². The number of methoxy groups -OCH3 is 1. The molecule has 1 aliphatic heterocycles. The lowest BCUT2D eigenvalue weighted by molar-refractivity contribution is 0.412. The summed E-state index contributed by atoms with van der Waals surface area (Å²) in [5, 5.41) is 3.35. The standard InChI is InChI=1S/C14H17N3O/c1-10-16-11-9-15-8-7-12(11)17(10)13-5-3-4-6-14(13)18-2/h3-6,15H,7-9H2,1-2H3. The Morgan fingerprint density at radius 3 is 3.00 bits per heavy atom. The number of hydrogen-bond donors (Lipinski definition) is 1. The zero-order valence-electron chi connectivity index (χ0n) is 10.7. The molecule has 0 radical (unpaired) electrons. The average Bonchev–Trinajstić information content (AvgIpc) is 2.74. The van der Waals surface area contributed by atoms with Crippen LogP contribution in [0.5, 0.6) is 5.75 Å². The van der Waals surface area contributed by atoms with Crippen molar-refractivity contribution in [2.24, 2.45) is 0 Å². The lowest BCUT2D eigenvalue weighted by Gasteiger charge is -2.17. The molecule has 1 aromatic heterocycles. The van der Waals surface area contributed by atoms with E-state index in [0.717, 1.165) is 42.5 Å². The summed E-state index contributed by atoms with van der Waals surface area (Å²) in [4.78, 5) is 4.65. The second-order valence-corrected chi connectivity index (χ2v) is 4.49. The molecule has 0 saturated heterocycles. The predicted molar refractivity (Wildman–Crippen MR) is 70.3 cm³/mol. The highest BCUT2D eigenvalue weighted by Crippen LogP contribution is 2.27. The molecule has 0 amide bonds. The first-order chi connectivity index (χ1) is 8.81. The highest BCUT2D eigenvalue weighted by molar-refractivity contribution is 5.49. The van der Waals surface area contributed by atoms with Gasteiger partial charge in [0.25, 0.3) is 0 Å². The summed E-state index contributed by atoms with van der Waals surface area (Å²) in [6, 6.07) is 8.09. The third kappa shape index (κ3) is 1.69. The molecule has 0 bridgehead atoms. The van der Waals surface area contributed by atoms with Crippen molar-refractivity contribution in [1.29, 1.82) is 0 Å². The van der Waals surface area contributed by atoms with E-state index in [1.165, 1.54) is 5.69 Å². The van der Waals surface area contributed by atoms with Gasteiger partial charge in [-0.1, -0.05) is 12.1 Å². The van der Waals surface area contributed by atoms with Gasteiger partial charge in [0.05, 0.1) is 18.5 Å². The number of nitrogens with zero attached hydrogens (tertiary/aromatic N) is 2. The van der Waals surface area contributed by atoms with E-state index in [0.29, 0.717) is 0 Å². The number of fused-ring (bicyclic) bond motifs is 1. The molecule has 0 atom stereocenters. The van der Waals surface area contributed by atoms with Crippen molar-refractivity contribution in [2.75, 3.05) is 13.7 Å². The summed E-state index contributed by atoms with van der Waals surface area (Å²) in [5.74, 6) is 1.91. The van der Waals surface area contributed by atoms with Gasteiger partial charge >= 0.3 is 0 Å². The minimum absolute atomic E-state index is 0.859. The number of imidazole rings is 1. The SMILES string of the molecule is COc1ccccc1-n1c(C)nc2c1CCNC2. The van der Waals surface area contributed by atoms with Gasteiger partial charge < -0.3 is 10.1 Å². The van der Waals surface area contributed by atoms with Gasteiger partial charge in [0.15, 0.2) is 0 Å². The molecule has 4 heteroatoms. The van der Waals surface area contributed by atoms with Crippen LogP contribution in [0.15, 0.2) is 24.3 Å². The summed E-state index contributed by atoms with van der Waals surface area (Å²) in [6.45, 7) is 3.91. The van der Waals surface area contributed by atoms with Crippen molar-refractivity contribution >= 4 is 0 Å². The van der Waals surface area contributed by atoms with E-state index in [1.807, 2.05) is 25.1 Å². The molecule has 1 aliphatic rings. The largest absolute Gasteiger partial charge is 0.495 e. The third-order valence-corrected chi connectivity index (χ3v) is 3.38. The molecule has 0 aliphatic carbocycles. The first-order valence-electron chi connectivity index (χ1n) is 6.22. The first-order valence-corrected chi connectivity index (χ1v) is 6.22. The van der Waals surface area contributed by atoms with Crippen molar-refractivity contribution in [3.05, 3.63) is 41.5 Å². The number of benzene rings is 1. The molecule has 0 spiro atoms. The third-order valence-electron chi connectivity index (χ3n) is 3.38. The minimum Gasteiger partial charge on any atom is -0.495 e. The number of nitrogens with one attached hydrogen (secondary N) is 1. The zero-order valence-corrected chi connectivity index (χ0v) is 10.7. The Labute approximate surface area is 107 Å². The molecule has 2 heterocycles. The Bertz CT molecular complexity index is 574. The summed E-state index contributed by atoms with van der Waals surface area (Å²) >= 11 is 0. The van der Waals surface area contributed by atoms with E-state index in [1.54, 1.807) is 7.11 Å². The van der Waals surface area contributed by atoms with Crippen LogP contribution in [0.4, 0.5) is 0 Å². The van der Waals surface area contributed by atoms with Crippen molar-refractivity contribution < 1.29 is 4.74 Å². The second-order valence-electron chi connectivity index (χ2n) is 4.49. The number of hydrogen-bond acceptors (Lipinski definition) is 3. The summed E-state index contributed by atoms with van der Waals surface area (Å²) in [6.07, 6.45) is 1.01. The van der Waals surface area contributed by atoms with Crippen molar-refractivity contribution in [1.82, 2.24) is 14.9 Å². The van der Waals surface area contributed by atoms with Gasteiger partial charge in [0.1, 0.15) is 11.6 Å². The van der Waals surface area contributed by atoms with Gasteiger partial charge in [0, 0.05) is 25.2 Å². The number of aromatic nitrogens is 2. The van der Waals surface area contributed by atoms with Gasteiger partial charge in [-0.2, -0.15) is 0 Å². The zero-order chi connectivity index (χ0) is 12.5. The Morgan fingerprint density at radius 1 is 1.33 bits per heavy atom. The number of rotatable bonds is 2. The molecular weight excluding hydrogens is 226 g/mol. The van der Waals surface area contributed by atoms with Crippen molar-refractivity contribution in [3.8, 4) is 11.4 Å². The minimum atomic E-state index is 0.859. The van der Waals surface area contributed by atoms with E-state index in [-0.39, 0.29) is 0 Å². The van der Waals surface area contributed by atoms with Gasteiger partial charge in [-0.3, -0.25) is 4.57 Å². The number of para-hydroxylation sites is 2. The summed E-state index contributed by atoms with van der Waals surface area (Å²) in [5.41, 5.74) is 3.54. The predicted octanol–water partition coefficient (Wildman–Crippen LogP) is 1.84. The van der Waals surface area contributed by atoms with Crippen LogP contribution in [0, 0.1) is 6.92 Å². The first kappa shape index (κ1) is 11.3. The van der Waals surface area contributed by atoms with Crippen LogP contribution in [0.3, 0.4) is 0 Å². The van der Waals surface area contributed by atoms with Crippen LogP contribution in [0.2, 0.25) is 0 Å².